The molecule has 21 aliphatic heterocycles. The van der Waals surface area contributed by atoms with Gasteiger partial charge in [-0.2, -0.15) is 0 Å². The molecule has 21 heterocycles. The third-order valence-corrected chi connectivity index (χ3v) is 16.5. The maximum atomic E-state index is 12.1. The molecule has 35 atom stereocenters. The van der Waals surface area contributed by atoms with Gasteiger partial charge in [0.2, 0.25) is 0 Å². The molecule has 0 amide bonds. The second-order valence-corrected chi connectivity index (χ2v) is 22.2. The molecule has 36 heteroatoms. The van der Waals surface area contributed by atoms with Crippen LogP contribution in [0.1, 0.15) is 5.56 Å². The number of aliphatic hydroxyl groups is 20. The lowest BCUT2D eigenvalue weighted by Crippen LogP contribution is -2.68. The van der Waals surface area contributed by atoms with Crippen molar-refractivity contribution >= 4 is 0 Å². The molecule has 87 heavy (non-hydrogen) atoms. The summed E-state index contributed by atoms with van der Waals surface area (Å²) >= 11 is 0. The number of hydrogen-bond acceptors (Lipinski definition) is 36. The zero-order valence-electron chi connectivity index (χ0n) is 46.2. The van der Waals surface area contributed by atoms with Crippen molar-refractivity contribution in [2.75, 3.05) is 59.4 Å². The number of ether oxygens (including phenoxy) is 15. The molecule has 0 unspecified atom stereocenters. The van der Waals surface area contributed by atoms with E-state index in [1.807, 2.05) is 30.3 Å². The highest BCUT2D eigenvalue weighted by molar-refractivity contribution is 5.14. The highest BCUT2D eigenvalue weighted by Gasteiger charge is 2.60. The van der Waals surface area contributed by atoms with E-state index < -0.39 is 261 Å². The second kappa shape index (κ2) is 30.7. The first kappa shape index (κ1) is 69.1. The third kappa shape index (κ3) is 14.6. The molecule has 0 aliphatic carbocycles. The van der Waals surface area contributed by atoms with Crippen molar-refractivity contribution in [3.05, 3.63) is 35.9 Å². The number of benzene rings is 1. The van der Waals surface area contributed by atoms with Crippen LogP contribution in [0.3, 0.4) is 0 Å². The monoisotopic (exact) mass is 1270 g/mol. The summed E-state index contributed by atoms with van der Waals surface area (Å²) in [5.41, 5.74) is 0.895. The average molecular weight is 1270 g/mol. The number of rotatable bonds is 13. The number of hydrogen-bond donors (Lipinski definition) is 21. The largest absolute Gasteiger partial charge is 0.394 e. The minimum Gasteiger partial charge on any atom is -0.394 e. The normalized spacial score (nSPS) is 50.3. The smallest absolute Gasteiger partial charge is 0.187 e. The van der Waals surface area contributed by atoms with Gasteiger partial charge in [-0.25, -0.2) is 0 Å². The standard InChI is InChI=1S/C51H81NO35/c53-9-17-37-24(60)30(66)46(74-17)82-39-19(11-55)76-48(32(68)26(39)62)84-41-21(13-57)78-50(34(70)28(41)64)86-43-23(15-59)80-51(44(36(43)72)73-7-6-52-8-16-4-2-1-3-5-16)87-42-22(14-58)79-49(35(71)29(42)65)85-40-20(12-56)77-47(33(69)27(40)63)83-38-18(10-54)75-45(81-37)31(67)25(38)61/h1-5,17-72H,6-15H2/t17-,18-,19-,20-,21-,22-,23-,24-,25-,26-,27-,28-,29-,30-,31-,32-,33-,34-,35-,36+,37-,38-,39-,40-,41-,42-,43-,44-,45-,46-,47-,48-,49-,50-,51-/m1/s1. The molecule has 21 N–H and O–H groups in total. The summed E-state index contributed by atoms with van der Waals surface area (Å²) in [5, 5.41) is 227. The van der Waals surface area contributed by atoms with Gasteiger partial charge in [0, 0.05) is 13.1 Å². The molecule has 1 aromatic carbocycles. The highest BCUT2D eigenvalue weighted by Crippen LogP contribution is 2.39. The SMILES string of the molecule is OC[C@H]1O[C@@H]2O[C@H]3[C@H](O)[C@@H](O)[C@@H](O[C@H]4[C@H](O)[C@@H](O)[C@@H](O[C@H]5[C@H](O)[C@@H](OCCNCc6ccccc6)[C@@H](O[C@H]6[C@H](O)[C@@H](O)[C@@H](O[C@H]7[C@H](O)[C@@H](O)[C@@H](O[C@H]8[C@H](O)[C@@H](O)[C@@H](O[C@H]1[C@H](O)[C@H]2O)O[C@@H]8CO)O[C@@H]7CO)O[C@@H]6CO)O[C@@H]5CO)O[C@@H]4CO)O[C@@H]3CO. The summed E-state index contributed by atoms with van der Waals surface area (Å²) in [6.45, 7) is -7.00. The van der Waals surface area contributed by atoms with Crippen LogP contribution in [0.5, 0.6) is 0 Å². The van der Waals surface area contributed by atoms with Gasteiger partial charge in [-0.1, -0.05) is 30.3 Å². The predicted molar refractivity (Wildman–Crippen MR) is 270 cm³/mol. The second-order valence-electron chi connectivity index (χ2n) is 22.2. The molecular weight excluding hydrogens is 1190 g/mol. The Bertz CT molecular complexity index is 2220. The van der Waals surface area contributed by atoms with E-state index in [0.717, 1.165) is 5.56 Å². The van der Waals surface area contributed by atoms with E-state index in [1.54, 1.807) is 0 Å². The summed E-state index contributed by atoms with van der Waals surface area (Å²) in [7, 11) is 0. The van der Waals surface area contributed by atoms with E-state index in [1.165, 1.54) is 0 Å². The van der Waals surface area contributed by atoms with Gasteiger partial charge in [-0.05, 0) is 5.56 Å². The predicted octanol–water partition coefficient (Wildman–Crippen LogP) is -13.4. The molecule has 500 valence electrons. The quantitative estimate of drug-likeness (QED) is 0.0816. The topological polar surface area (TPSA) is 555 Å². The maximum absolute atomic E-state index is 12.1. The van der Waals surface area contributed by atoms with Crippen LogP contribution in [0.25, 0.3) is 0 Å². The molecular formula is C51H81NO35. The van der Waals surface area contributed by atoms with Crippen molar-refractivity contribution in [3.63, 3.8) is 0 Å². The fraction of sp³-hybridized carbons (Fsp3) is 0.882. The molecule has 14 bridgehead atoms. The Kier molecular flexibility index (Phi) is 24.4. The molecule has 21 saturated heterocycles. The van der Waals surface area contributed by atoms with Crippen molar-refractivity contribution in [2.24, 2.45) is 0 Å². The summed E-state index contributed by atoms with van der Waals surface area (Å²) in [6.07, 6.45) is -69.1. The van der Waals surface area contributed by atoms with Crippen molar-refractivity contribution < 1.29 is 173 Å². The Balaban J connectivity index is 1.01. The van der Waals surface area contributed by atoms with E-state index in [2.05, 4.69) is 5.32 Å². The van der Waals surface area contributed by atoms with E-state index in [4.69, 9.17) is 71.1 Å². The van der Waals surface area contributed by atoms with E-state index in [0.29, 0.717) is 6.54 Å². The first-order valence-corrected chi connectivity index (χ1v) is 28.4. The molecule has 0 spiro atoms. The molecule has 0 radical (unpaired) electrons. The van der Waals surface area contributed by atoms with Crippen LogP contribution in [0, 0.1) is 0 Å². The van der Waals surface area contributed by atoms with Crippen LogP contribution in [-0.2, 0) is 77.6 Å². The van der Waals surface area contributed by atoms with Crippen LogP contribution < -0.4 is 5.32 Å². The Hall–Kier alpha value is -2.22. The van der Waals surface area contributed by atoms with E-state index in [9.17, 15) is 102 Å². The van der Waals surface area contributed by atoms with E-state index >= 15 is 0 Å². The Morgan fingerprint density at radius 1 is 0.287 bits per heavy atom. The maximum Gasteiger partial charge on any atom is 0.187 e. The van der Waals surface area contributed by atoms with Crippen LogP contribution in [-0.4, -0.2) is 376 Å². The lowest BCUT2D eigenvalue weighted by atomic mass is 9.95. The molecule has 36 nitrogen and oxygen atoms in total. The highest BCUT2D eigenvalue weighted by atomic mass is 16.8. The number of nitrogens with one attached hydrogen (secondary N) is 1. The van der Waals surface area contributed by atoms with Gasteiger partial charge in [-0.15, -0.1) is 0 Å². The minimum absolute atomic E-state index is 0.102. The van der Waals surface area contributed by atoms with Gasteiger partial charge in [0.25, 0.3) is 0 Å². The van der Waals surface area contributed by atoms with Gasteiger partial charge in [0.05, 0.1) is 52.9 Å². The molecule has 21 aliphatic rings. The van der Waals surface area contributed by atoms with Crippen LogP contribution in [0.2, 0.25) is 0 Å². The lowest BCUT2D eigenvalue weighted by molar-refractivity contribution is -0.398. The molecule has 22 rings (SSSR count). The molecule has 1 aromatic rings. The number of aliphatic hydroxyl groups excluding tert-OH is 20. The van der Waals surface area contributed by atoms with Gasteiger partial charge in [0.1, 0.15) is 171 Å². The van der Waals surface area contributed by atoms with Crippen LogP contribution in [0.4, 0.5) is 0 Å². The fourth-order valence-corrected chi connectivity index (χ4v) is 11.7. The van der Waals surface area contributed by atoms with Gasteiger partial charge >= 0.3 is 0 Å². The summed E-state index contributed by atoms with van der Waals surface area (Å²) in [6, 6.07) is 9.17. The summed E-state index contributed by atoms with van der Waals surface area (Å²) in [4.78, 5) is 0. The van der Waals surface area contributed by atoms with Crippen molar-refractivity contribution in [1.29, 1.82) is 0 Å². The molecule has 0 saturated carbocycles. The van der Waals surface area contributed by atoms with Crippen molar-refractivity contribution in [3.8, 4) is 0 Å². The van der Waals surface area contributed by atoms with Crippen LogP contribution in [0.15, 0.2) is 30.3 Å². The molecule has 0 aromatic heterocycles. The first-order chi connectivity index (χ1) is 41.7. The summed E-state index contributed by atoms with van der Waals surface area (Å²) in [5.74, 6) is 0. The van der Waals surface area contributed by atoms with Gasteiger partial charge < -0.3 is 179 Å². The third-order valence-electron chi connectivity index (χ3n) is 16.5. The van der Waals surface area contributed by atoms with E-state index in [-0.39, 0.29) is 13.2 Å². The Morgan fingerprint density at radius 2 is 0.517 bits per heavy atom. The van der Waals surface area contributed by atoms with Crippen molar-refractivity contribution in [2.45, 2.75) is 221 Å². The van der Waals surface area contributed by atoms with Crippen LogP contribution >= 0.6 is 0 Å². The lowest BCUT2D eigenvalue weighted by Gasteiger charge is -2.50. The van der Waals surface area contributed by atoms with Gasteiger partial charge in [-0.3, -0.25) is 0 Å². The zero-order valence-corrected chi connectivity index (χ0v) is 46.2. The zero-order chi connectivity index (χ0) is 62.7. The minimum atomic E-state index is -2.21. The fourth-order valence-electron chi connectivity index (χ4n) is 11.7. The Labute approximate surface area is 494 Å². The summed E-state index contributed by atoms with van der Waals surface area (Å²) < 4.78 is 87.7. The van der Waals surface area contributed by atoms with Crippen molar-refractivity contribution in [1.82, 2.24) is 5.32 Å². The van der Waals surface area contributed by atoms with Gasteiger partial charge in [0.15, 0.2) is 44.0 Å². The molecule has 21 fully saturated rings. The first-order valence-electron chi connectivity index (χ1n) is 28.4. The average Bonchev–Trinajstić information content (AvgIpc) is 1.46. The Morgan fingerprint density at radius 3 is 0.770 bits per heavy atom.